The Balaban J connectivity index is 1.91. The lowest BCUT2D eigenvalue weighted by Gasteiger charge is -2.31. The smallest absolute Gasteiger partial charge is 0.165 e. The van der Waals surface area contributed by atoms with Crippen LogP contribution >= 0.6 is 0 Å². The summed E-state index contributed by atoms with van der Waals surface area (Å²) in [6, 6.07) is 8.33. The second-order valence-electron chi connectivity index (χ2n) is 7.78. The van der Waals surface area contributed by atoms with E-state index in [-0.39, 0.29) is 10.8 Å². The van der Waals surface area contributed by atoms with Gasteiger partial charge in [-0.3, -0.25) is 4.79 Å². The van der Waals surface area contributed by atoms with E-state index in [9.17, 15) is 4.79 Å². The third kappa shape index (κ3) is 1.48. The molecule has 2 fully saturated rings. The molecule has 0 amide bonds. The van der Waals surface area contributed by atoms with Crippen LogP contribution in [-0.4, -0.2) is 10.8 Å². The first kappa shape index (κ1) is 13.8. The van der Waals surface area contributed by atoms with Crippen molar-refractivity contribution in [2.75, 3.05) is 0 Å². The fourth-order valence-electron chi connectivity index (χ4n) is 4.73. The van der Waals surface area contributed by atoms with Crippen molar-refractivity contribution in [3.8, 4) is 0 Å². The molecule has 2 bridgehead atoms. The SMILES string of the molecule is Cc1[nH]c2ccccc2c1/C=C1/C(=O)[C@]2(C)CC[C@H]1C2(C)C. The molecule has 2 aromatic rings. The highest BCUT2D eigenvalue weighted by Crippen LogP contribution is 2.65. The molecule has 2 heteroatoms. The van der Waals surface area contributed by atoms with Crippen molar-refractivity contribution in [2.45, 2.75) is 40.5 Å². The standard InChI is InChI=1S/C20H23NO/c1-12-14(13-7-5-6-8-17(13)21-12)11-15-16-9-10-20(4,18(15)22)19(16,2)3/h5-8,11,16,21H,9-10H2,1-4H3/b15-11+/t16-,20+/m1/s1. The monoisotopic (exact) mass is 293 g/mol. The summed E-state index contributed by atoms with van der Waals surface area (Å²) < 4.78 is 0. The van der Waals surface area contributed by atoms with Gasteiger partial charge in [-0.1, -0.05) is 39.0 Å². The molecule has 0 spiro atoms. The molecule has 0 radical (unpaired) electrons. The Bertz CT molecular complexity index is 823. The minimum absolute atomic E-state index is 0.0793. The van der Waals surface area contributed by atoms with Gasteiger partial charge in [0.15, 0.2) is 5.78 Å². The van der Waals surface area contributed by atoms with Gasteiger partial charge in [0.2, 0.25) is 0 Å². The summed E-state index contributed by atoms with van der Waals surface area (Å²) >= 11 is 0. The largest absolute Gasteiger partial charge is 0.358 e. The molecule has 0 aliphatic heterocycles. The number of Topliss-reactive ketones (excluding diaryl/α,β-unsaturated/α-hetero) is 1. The van der Waals surface area contributed by atoms with Gasteiger partial charge < -0.3 is 4.98 Å². The van der Waals surface area contributed by atoms with Gasteiger partial charge in [-0.15, -0.1) is 0 Å². The van der Waals surface area contributed by atoms with Gasteiger partial charge in [0.1, 0.15) is 0 Å². The number of carbonyl (C=O) groups is 1. The number of ketones is 1. The number of aromatic nitrogens is 1. The molecule has 2 aliphatic rings. The highest BCUT2D eigenvalue weighted by atomic mass is 16.1. The predicted molar refractivity (Wildman–Crippen MR) is 90.6 cm³/mol. The summed E-state index contributed by atoms with van der Waals surface area (Å²) in [4.78, 5) is 16.4. The van der Waals surface area contributed by atoms with Gasteiger partial charge >= 0.3 is 0 Å². The number of aromatic amines is 1. The summed E-state index contributed by atoms with van der Waals surface area (Å²) in [5.74, 6) is 0.775. The highest BCUT2D eigenvalue weighted by Gasteiger charge is 2.63. The molecule has 2 nitrogen and oxygen atoms in total. The first-order valence-corrected chi connectivity index (χ1v) is 8.20. The summed E-state index contributed by atoms with van der Waals surface area (Å²) in [6.07, 6.45) is 4.35. The van der Waals surface area contributed by atoms with Gasteiger partial charge in [0.05, 0.1) is 0 Å². The summed E-state index contributed by atoms with van der Waals surface area (Å²) in [5, 5.41) is 1.21. The van der Waals surface area contributed by atoms with E-state index in [1.165, 1.54) is 10.9 Å². The Hall–Kier alpha value is -1.83. The number of para-hydroxylation sites is 1. The molecule has 0 saturated heterocycles. The Labute approximate surface area is 131 Å². The maximum Gasteiger partial charge on any atom is 0.165 e. The summed E-state index contributed by atoms with van der Waals surface area (Å²) in [7, 11) is 0. The van der Waals surface area contributed by atoms with Gasteiger partial charge in [-0.25, -0.2) is 0 Å². The Morgan fingerprint density at radius 1 is 1.23 bits per heavy atom. The average molecular weight is 293 g/mol. The van der Waals surface area contributed by atoms with E-state index >= 15 is 0 Å². The molecule has 1 aromatic heterocycles. The number of nitrogens with one attached hydrogen (secondary N) is 1. The molecule has 22 heavy (non-hydrogen) atoms. The van der Waals surface area contributed by atoms with Gasteiger partial charge in [0.25, 0.3) is 0 Å². The van der Waals surface area contributed by atoms with Crippen molar-refractivity contribution in [1.29, 1.82) is 0 Å². The lowest BCUT2D eigenvalue weighted by Crippen LogP contribution is -2.32. The third-order valence-electron chi connectivity index (χ3n) is 6.61. The number of H-pyrrole nitrogens is 1. The maximum absolute atomic E-state index is 13.0. The number of hydrogen-bond donors (Lipinski definition) is 1. The van der Waals surface area contributed by atoms with Crippen LogP contribution in [0.5, 0.6) is 0 Å². The third-order valence-corrected chi connectivity index (χ3v) is 6.61. The fraction of sp³-hybridized carbons (Fsp3) is 0.450. The Morgan fingerprint density at radius 3 is 2.64 bits per heavy atom. The average Bonchev–Trinajstić information content (AvgIpc) is 2.95. The molecular weight excluding hydrogens is 270 g/mol. The van der Waals surface area contributed by atoms with Crippen molar-refractivity contribution in [3.63, 3.8) is 0 Å². The molecule has 2 aliphatic carbocycles. The van der Waals surface area contributed by atoms with Crippen molar-refractivity contribution in [3.05, 3.63) is 41.1 Å². The Kier molecular flexibility index (Phi) is 2.59. The van der Waals surface area contributed by atoms with Crippen LogP contribution in [0.3, 0.4) is 0 Å². The zero-order valence-corrected chi connectivity index (χ0v) is 13.8. The normalized spacial score (nSPS) is 31.5. The van der Waals surface area contributed by atoms with E-state index < -0.39 is 0 Å². The number of benzene rings is 1. The topological polar surface area (TPSA) is 32.9 Å². The minimum Gasteiger partial charge on any atom is -0.358 e. The van der Waals surface area contributed by atoms with E-state index in [2.05, 4.69) is 57.0 Å². The van der Waals surface area contributed by atoms with Crippen LogP contribution in [-0.2, 0) is 4.79 Å². The molecule has 1 aromatic carbocycles. The highest BCUT2D eigenvalue weighted by molar-refractivity contribution is 6.09. The quantitative estimate of drug-likeness (QED) is 0.746. The molecule has 114 valence electrons. The van der Waals surface area contributed by atoms with Crippen LogP contribution in [0.4, 0.5) is 0 Å². The van der Waals surface area contributed by atoms with Gasteiger partial charge in [0, 0.05) is 33.1 Å². The number of aryl methyl sites for hydroxylation is 1. The van der Waals surface area contributed by atoms with E-state index in [0.717, 1.165) is 29.6 Å². The minimum atomic E-state index is -0.177. The van der Waals surface area contributed by atoms with E-state index in [0.29, 0.717) is 11.7 Å². The lowest BCUT2D eigenvalue weighted by atomic mass is 9.70. The molecular formula is C20H23NO. The second-order valence-corrected chi connectivity index (χ2v) is 7.78. The molecule has 1 N–H and O–H groups in total. The number of rotatable bonds is 1. The summed E-state index contributed by atoms with van der Waals surface area (Å²) in [6.45, 7) is 8.80. The molecule has 2 saturated carbocycles. The number of allylic oxidation sites excluding steroid dienone is 1. The first-order valence-electron chi connectivity index (χ1n) is 8.20. The van der Waals surface area contributed by atoms with E-state index in [4.69, 9.17) is 0 Å². The van der Waals surface area contributed by atoms with Crippen LogP contribution < -0.4 is 0 Å². The van der Waals surface area contributed by atoms with Crippen LogP contribution in [0.1, 0.15) is 44.9 Å². The van der Waals surface area contributed by atoms with Gasteiger partial charge in [-0.2, -0.15) is 0 Å². The lowest BCUT2D eigenvalue weighted by molar-refractivity contribution is -0.125. The summed E-state index contributed by atoms with van der Waals surface area (Å²) in [5.41, 5.74) is 4.43. The Morgan fingerprint density at radius 2 is 1.95 bits per heavy atom. The van der Waals surface area contributed by atoms with Crippen molar-refractivity contribution in [1.82, 2.24) is 4.98 Å². The number of carbonyl (C=O) groups excluding carboxylic acids is 1. The number of hydrogen-bond acceptors (Lipinski definition) is 1. The predicted octanol–water partition coefficient (Wildman–Crippen LogP) is 4.88. The maximum atomic E-state index is 13.0. The van der Waals surface area contributed by atoms with Crippen molar-refractivity contribution in [2.24, 2.45) is 16.7 Å². The van der Waals surface area contributed by atoms with Crippen molar-refractivity contribution >= 4 is 22.8 Å². The van der Waals surface area contributed by atoms with Crippen molar-refractivity contribution < 1.29 is 4.79 Å². The molecule has 2 atom stereocenters. The van der Waals surface area contributed by atoms with E-state index in [1.54, 1.807) is 0 Å². The second kappa shape index (κ2) is 4.13. The van der Waals surface area contributed by atoms with Crippen LogP contribution in [0, 0.1) is 23.7 Å². The zero-order valence-electron chi connectivity index (χ0n) is 13.8. The zero-order chi connectivity index (χ0) is 15.7. The van der Waals surface area contributed by atoms with E-state index in [1.807, 2.05) is 6.07 Å². The first-order chi connectivity index (χ1) is 10.4. The van der Waals surface area contributed by atoms with Crippen LogP contribution in [0.25, 0.3) is 17.0 Å². The fourth-order valence-corrected chi connectivity index (χ4v) is 4.73. The molecule has 0 unspecified atom stereocenters. The van der Waals surface area contributed by atoms with Gasteiger partial charge in [-0.05, 0) is 43.2 Å². The molecule has 1 heterocycles. The van der Waals surface area contributed by atoms with Crippen LogP contribution in [0.2, 0.25) is 0 Å². The van der Waals surface area contributed by atoms with Crippen LogP contribution in [0.15, 0.2) is 29.8 Å². The molecule has 4 rings (SSSR count). The number of fused-ring (bicyclic) bond motifs is 3.